The summed E-state index contributed by atoms with van der Waals surface area (Å²) in [6.45, 7) is 2.38. The van der Waals surface area contributed by atoms with E-state index in [0.717, 1.165) is 28.8 Å². The zero-order valence-electron chi connectivity index (χ0n) is 18.8. The van der Waals surface area contributed by atoms with E-state index in [2.05, 4.69) is 15.3 Å². The quantitative estimate of drug-likeness (QED) is 0.493. The molecule has 8 nitrogen and oxygen atoms in total. The number of aromatic nitrogens is 2. The number of hydrogen-bond donors (Lipinski definition) is 3. The van der Waals surface area contributed by atoms with Crippen LogP contribution in [0.4, 0.5) is 24.9 Å². The number of nitrogens with one attached hydrogen (secondary N) is 1. The lowest BCUT2D eigenvalue weighted by Crippen LogP contribution is -2.35. The molecule has 3 aromatic rings. The van der Waals surface area contributed by atoms with Crippen LogP contribution in [-0.2, 0) is 23.9 Å². The number of primary amides is 2. The van der Waals surface area contributed by atoms with Crippen molar-refractivity contribution in [1.29, 1.82) is 0 Å². The maximum Gasteiger partial charge on any atom is 0.416 e. The predicted octanol–water partition coefficient (Wildman–Crippen LogP) is 3.11. The van der Waals surface area contributed by atoms with Gasteiger partial charge in [-0.25, -0.2) is 4.98 Å². The number of nitrogens with zero attached hydrogens (tertiary/aromatic N) is 3. The Morgan fingerprint density at radius 2 is 1.83 bits per heavy atom. The molecule has 0 bridgehead atoms. The molecule has 0 fully saturated rings. The predicted molar refractivity (Wildman–Crippen MR) is 124 cm³/mol. The number of fused-ring (bicyclic) bond motifs is 1. The Morgan fingerprint density at radius 1 is 1.09 bits per heavy atom. The first-order valence-electron chi connectivity index (χ1n) is 10.8. The normalized spacial score (nSPS) is 14.2. The monoisotopic (exact) mass is 484 g/mol. The molecule has 0 saturated heterocycles. The molecule has 1 atom stereocenters. The van der Waals surface area contributed by atoms with Crippen molar-refractivity contribution < 1.29 is 22.8 Å². The Labute approximate surface area is 199 Å². The largest absolute Gasteiger partial charge is 0.416 e. The summed E-state index contributed by atoms with van der Waals surface area (Å²) in [5.41, 5.74) is 13.1. The Morgan fingerprint density at radius 3 is 2.51 bits per heavy atom. The van der Waals surface area contributed by atoms with Gasteiger partial charge in [0.25, 0.3) is 5.91 Å². The molecule has 35 heavy (non-hydrogen) atoms. The fraction of sp³-hybridized carbons (Fsp3) is 0.250. The van der Waals surface area contributed by atoms with Gasteiger partial charge in [-0.3, -0.25) is 9.59 Å². The highest BCUT2D eigenvalue weighted by Gasteiger charge is 2.31. The molecule has 2 aromatic carbocycles. The third-order valence-corrected chi connectivity index (χ3v) is 5.81. The molecule has 0 saturated carbocycles. The molecule has 1 aliphatic rings. The maximum absolute atomic E-state index is 13.2. The van der Waals surface area contributed by atoms with Crippen molar-refractivity contribution in [2.45, 2.75) is 32.1 Å². The minimum Gasteiger partial charge on any atom is -0.368 e. The molecule has 1 aliphatic heterocycles. The fourth-order valence-electron chi connectivity index (χ4n) is 3.98. The second-order valence-electron chi connectivity index (χ2n) is 8.26. The molecule has 182 valence electrons. The Kier molecular flexibility index (Phi) is 6.33. The summed E-state index contributed by atoms with van der Waals surface area (Å²) in [7, 11) is 0. The molecule has 2 heterocycles. The van der Waals surface area contributed by atoms with E-state index in [4.69, 9.17) is 11.5 Å². The maximum atomic E-state index is 13.2. The number of carbonyl (C=O) groups is 2. The second kappa shape index (κ2) is 9.24. The molecule has 2 amide bonds. The third kappa shape index (κ3) is 5.18. The van der Waals surface area contributed by atoms with Crippen LogP contribution in [0.25, 0.3) is 11.1 Å². The highest BCUT2D eigenvalue weighted by molar-refractivity contribution is 5.92. The number of hydrogen-bond acceptors (Lipinski definition) is 6. The summed E-state index contributed by atoms with van der Waals surface area (Å²) in [4.78, 5) is 33.8. The van der Waals surface area contributed by atoms with Gasteiger partial charge < -0.3 is 21.7 Å². The van der Waals surface area contributed by atoms with Crippen molar-refractivity contribution in [3.63, 3.8) is 0 Å². The van der Waals surface area contributed by atoms with Crippen molar-refractivity contribution in [2.75, 3.05) is 16.8 Å². The van der Waals surface area contributed by atoms with Crippen LogP contribution in [0, 0.1) is 0 Å². The number of halogens is 3. The zero-order chi connectivity index (χ0) is 25.3. The smallest absolute Gasteiger partial charge is 0.368 e. The van der Waals surface area contributed by atoms with E-state index in [1.165, 1.54) is 12.1 Å². The summed E-state index contributed by atoms with van der Waals surface area (Å²) in [6, 6.07) is 11.4. The van der Waals surface area contributed by atoms with Crippen LogP contribution in [0.15, 0.2) is 48.5 Å². The number of alkyl halides is 3. The van der Waals surface area contributed by atoms with Crippen LogP contribution < -0.4 is 21.7 Å². The summed E-state index contributed by atoms with van der Waals surface area (Å²) in [6.07, 6.45) is -3.91. The topological polar surface area (TPSA) is 127 Å². The van der Waals surface area contributed by atoms with Crippen LogP contribution in [-0.4, -0.2) is 34.4 Å². The number of nitrogens with two attached hydrogens (primary N) is 2. The lowest BCUT2D eigenvalue weighted by Gasteiger charge is -2.31. The first-order chi connectivity index (χ1) is 16.5. The standard InChI is InChI=1S/C24H23F3N6O2/c1-13(21(28)34)30-20-11-19(22(29)35)31-23(32-20)33-9-8-18-15(12-33)5-3-7-17(18)14-4-2-6-16(10-14)24(25,26)27/h2-7,10-11,13H,8-9,12H2,1H3,(H2,28,34)(H2,29,35)(H,30,31,32). The minimum absolute atomic E-state index is 0.0299. The van der Waals surface area contributed by atoms with Gasteiger partial charge in [-0.2, -0.15) is 18.2 Å². The van der Waals surface area contributed by atoms with Crippen LogP contribution in [0.2, 0.25) is 0 Å². The van der Waals surface area contributed by atoms with Gasteiger partial charge in [-0.05, 0) is 47.7 Å². The molecule has 1 unspecified atom stereocenters. The Bertz CT molecular complexity index is 1290. The Hall–Kier alpha value is -4.15. The van der Waals surface area contributed by atoms with Crippen LogP contribution in [0.5, 0.6) is 0 Å². The van der Waals surface area contributed by atoms with E-state index >= 15 is 0 Å². The molecule has 4 rings (SSSR count). The molecule has 0 radical (unpaired) electrons. The number of rotatable bonds is 6. The number of anilines is 2. The van der Waals surface area contributed by atoms with Crippen LogP contribution in [0.3, 0.4) is 0 Å². The minimum atomic E-state index is -4.43. The SMILES string of the molecule is CC(Nc1cc(C(N)=O)nc(N2CCc3c(cccc3-c3cccc(C(F)(F)F)c3)C2)n1)C(N)=O. The van der Waals surface area contributed by atoms with Crippen molar-refractivity contribution in [3.8, 4) is 11.1 Å². The van der Waals surface area contributed by atoms with E-state index in [9.17, 15) is 22.8 Å². The van der Waals surface area contributed by atoms with Crippen LogP contribution in [0.1, 0.15) is 34.1 Å². The van der Waals surface area contributed by atoms with Gasteiger partial charge >= 0.3 is 6.18 Å². The number of amides is 2. The van der Waals surface area contributed by atoms with Gasteiger partial charge in [0.2, 0.25) is 11.9 Å². The first-order valence-corrected chi connectivity index (χ1v) is 10.8. The molecular weight excluding hydrogens is 461 g/mol. The lowest BCUT2D eigenvalue weighted by molar-refractivity contribution is -0.137. The zero-order valence-corrected chi connectivity index (χ0v) is 18.8. The van der Waals surface area contributed by atoms with E-state index in [1.807, 2.05) is 11.0 Å². The summed E-state index contributed by atoms with van der Waals surface area (Å²) in [5, 5.41) is 2.83. The highest BCUT2D eigenvalue weighted by atomic mass is 19.4. The van der Waals surface area contributed by atoms with Crippen LogP contribution >= 0.6 is 0 Å². The van der Waals surface area contributed by atoms with E-state index in [0.29, 0.717) is 25.1 Å². The number of carbonyl (C=O) groups excluding carboxylic acids is 2. The van der Waals surface area contributed by atoms with Crippen molar-refractivity contribution in [3.05, 3.63) is 70.9 Å². The second-order valence-corrected chi connectivity index (χ2v) is 8.26. The van der Waals surface area contributed by atoms with Crippen molar-refractivity contribution >= 4 is 23.6 Å². The van der Waals surface area contributed by atoms with Gasteiger partial charge in [0.1, 0.15) is 17.6 Å². The first kappa shape index (κ1) is 24.0. The third-order valence-electron chi connectivity index (χ3n) is 5.81. The Balaban J connectivity index is 1.66. The van der Waals surface area contributed by atoms with Crippen molar-refractivity contribution in [1.82, 2.24) is 9.97 Å². The average molecular weight is 484 g/mol. The molecule has 0 aliphatic carbocycles. The highest BCUT2D eigenvalue weighted by Crippen LogP contribution is 2.35. The molecule has 1 aromatic heterocycles. The number of benzene rings is 2. The van der Waals surface area contributed by atoms with Gasteiger partial charge in [-0.15, -0.1) is 0 Å². The molecule has 5 N–H and O–H groups in total. The molecule has 0 spiro atoms. The van der Waals surface area contributed by atoms with Gasteiger partial charge in [-0.1, -0.05) is 30.3 Å². The van der Waals surface area contributed by atoms with E-state index < -0.39 is 29.6 Å². The summed E-state index contributed by atoms with van der Waals surface area (Å²) >= 11 is 0. The van der Waals surface area contributed by atoms with Gasteiger partial charge in [0.05, 0.1) is 5.56 Å². The van der Waals surface area contributed by atoms with Gasteiger partial charge in [0.15, 0.2) is 0 Å². The van der Waals surface area contributed by atoms with Crippen molar-refractivity contribution in [2.24, 2.45) is 11.5 Å². The summed E-state index contributed by atoms with van der Waals surface area (Å²) in [5.74, 6) is -0.901. The lowest BCUT2D eigenvalue weighted by atomic mass is 9.90. The van der Waals surface area contributed by atoms with E-state index in [-0.39, 0.29) is 17.5 Å². The molecular formula is C24H23F3N6O2. The summed E-state index contributed by atoms with van der Waals surface area (Å²) < 4.78 is 39.7. The fourth-order valence-corrected chi connectivity index (χ4v) is 3.98. The molecule has 11 heteroatoms. The van der Waals surface area contributed by atoms with E-state index in [1.54, 1.807) is 25.1 Å². The van der Waals surface area contributed by atoms with Gasteiger partial charge in [0, 0.05) is 19.2 Å². The average Bonchev–Trinajstić information content (AvgIpc) is 2.82.